The summed E-state index contributed by atoms with van der Waals surface area (Å²) in [5, 5.41) is 0. The van der Waals surface area contributed by atoms with E-state index in [4.69, 9.17) is 15.2 Å². The van der Waals surface area contributed by atoms with Crippen LogP contribution in [0, 0.1) is 0 Å². The number of ether oxygens (including phenoxy) is 2. The highest BCUT2D eigenvalue weighted by Gasteiger charge is 2.16. The third-order valence-corrected chi connectivity index (χ3v) is 3.01. The molecule has 1 aromatic carbocycles. The van der Waals surface area contributed by atoms with Crippen molar-refractivity contribution in [2.24, 2.45) is 5.73 Å². The zero-order valence-corrected chi connectivity index (χ0v) is 10.7. The highest BCUT2D eigenvalue weighted by molar-refractivity contribution is 5.42. The van der Waals surface area contributed by atoms with Gasteiger partial charge < -0.3 is 19.8 Å². The summed E-state index contributed by atoms with van der Waals surface area (Å²) in [5.41, 5.74) is 6.92. The molecule has 0 radical (unpaired) electrons. The molecule has 18 heavy (non-hydrogen) atoms. The third-order valence-electron chi connectivity index (χ3n) is 3.01. The van der Waals surface area contributed by atoms with Crippen LogP contribution in [0.15, 0.2) is 42.7 Å². The van der Waals surface area contributed by atoms with Gasteiger partial charge in [0.25, 0.3) is 0 Å². The average Bonchev–Trinajstić information content (AvgIpc) is 2.93. The van der Waals surface area contributed by atoms with Gasteiger partial charge in [0.05, 0.1) is 20.3 Å². The summed E-state index contributed by atoms with van der Waals surface area (Å²) in [7, 11) is 3.31. The highest BCUT2D eigenvalue weighted by atomic mass is 16.5. The zero-order valence-electron chi connectivity index (χ0n) is 10.7. The molecule has 1 unspecified atom stereocenters. The second-order valence-electron chi connectivity index (χ2n) is 3.99. The van der Waals surface area contributed by atoms with E-state index in [1.54, 1.807) is 14.2 Å². The molecule has 2 N–H and O–H groups in total. The minimum absolute atomic E-state index is 0.0463. The molecule has 2 rings (SSSR count). The lowest BCUT2D eigenvalue weighted by Crippen LogP contribution is -2.20. The Bertz CT molecular complexity index is 495. The Kier molecular flexibility index (Phi) is 3.89. The molecule has 0 saturated heterocycles. The Morgan fingerprint density at radius 1 is 1.17 bits per heavy atom. The molecule has 1 heterocycles. The summed E-state index contributed by atoms with van der Waals surface area (Å²) in [6.45, 7) is 0.498. The second-order valence-corrected chi connectivity index (χ2v) is 3.99. The first-order valence-corrected chi connectivity index (χ1v) is 5.84. The molecule has 1 atom stereocenters. The summed E-state index contributed by atoms with van der Waals surface area (Å²) >= 11 is 0. The maximum absolute atomic E-state index is 5.89. The molecule has 0 aliphatic rings. The number of rotatable bonds is 5. The van der Waals surface area contributed by atoms with E-state index >= 15 is 0 Å². The van der Waals surface area contributed by atoms with E-state index in [1.807, 2.05) is 42.7 Å². The van der Waals surface area contributed by atoms with Crippen molar-refractivity contribution in [2.75, 3.05) is 20.8 Å². The van der Waals surface area contributed by atoms with Crippen molar-refractivity contribution in [3.8, 4) is 11.5 Å². The number of methoxy groups -OCH3 is 2. The van der Waals surface area contributed by atoms with Gasteiger partial charge >= 0.3 is 0 Å². The average molecular weight is 246 g/mol. The number of nitrogens with two attached hydrogens (primary N) is 1. The van der Waals surface area contributed by atoms with E-state index < -0.39 is 0 Å². The second kappa shape index (κ2) is 5.60. The molecule has 96 valence electrons. The van der Waals surface area contributed by atoms with Crippen LogP contribution in [0.4, 0.5) is 0 Å². The lowest BCUT2D eigenvalue weighted by Gasteiger charge is -2.20. The number of nitrogens with zero attached hydrogens (tertiary/aromatic N) is 1. The maximum Gasteiger partial charge on any atom is 0.124 e. The van der Waals surface area contributed by atoms with Gasteiger partial charge in [-0.05, 0) is 30.3 Å². The van der Waals surface area contributed by atoms with E-state index in [-0.39, 0.29) is 6.04 Å². The fraction of sp³-hybridized carbons (Fsp3) is 0.286. The Balaban J connectivity index is 2.46. The molecular weight excluding hydrogens is 228 g/mol. The van der Waals surface area contributed by atoms with Crippen molar-refractivity contribution < 1.29 is 9.47 Å². The predicted octanol–water partition coefficient (Wildman–Crippen LogP) is 2.05. The quantitative estimate of drug-likeness (QED) is 0.878. The molecular formula is C14H18N2O2. The van der Waals surface area contributed by atoms with Crippen molar-refractivity contribution >= 4 is 0 Å². The number of hydrogen-bond acceptors (Lipinski definition) is 3. The van der Waals surface area contributed by atoms with E-state index in [0.29, 0.717) is 6.54 Å². The van der Waals surface area contributed by atoms with E-state index in [0.717, 1.165) is 17.1 Å². The topological polar surface area (TPSA) is 49.4 Å². The lowest BCUT2D eigenvalue weighted by molar-refractivity contribution is 0.392. The third kappa shape index (κ3) is 2.33. The first kappa shape index (κ1) is 12.5. The minimum Gasteiger partial charge on any atom is -0.497 e. The molecule has 4 nitrogen and oxygen atoms in total. The summed E-state index contributed by atoms with van der Waals surface area (Å²) in [6.07, 6.45) is 3.99. The summed E-state index contributed by atoms with van der Waals surface area (Å²) in [5.74, 6) is 1.62. The fourth-order valence-corrected chi connectivity index (χ4v) is 2.06. The normalized spacial score (nSPS) is 12.2. The van der Waals surface area contributed by atoms with Crippen LogP contribution in [-0.4, -0.2) is 25.3 Å². The van der Waals surface area contributed by atoms with Crippen LogP contribution in [0.25, 0.3) is 0 Å². The van der Waals surface area contributed by atoms with Gasteiger partial charge in [-0.2, -0.15) is 0 Å². The molecule has 0 fully saturated rings. The molecule has 2 aromatic rings. The smallest absolute Gasteiger partial charge is 0.124 e. The lowest BCUT2D eigenvalue weighted by atomic mass is 10.1. The summed E-state index contributed by atoms with van der Waals surface area (Å²) in [4.78, 5) is 0. The molecule has 0 aliphatic heterocycles. The zero-order chi connectivity index (χ0) is 13.0. The number of aromatic nitrogens is 1. The van der Waals surface area contributed by atoms with E-state index in [1.165, 1.54) is 0 Å². The van der Waals surface area contributed by atoms with Gasteiger partial charge in [0.15, 0.2) is 0 Å². The van der Waals surface area contributed by atoms with Crippen molar-refractivity contribution in [3.63, 3.8) is 0 Å². The van der Waals surface area contributed by atoms with Crippen LogP contribution >= 0.6 is 0 Å². The van der Waals surface area contributed by atoms with Gasteiger partial charge in [0.1, 0.15) is 11.5 Å². The first-order valence-electron chi connectivity index (χ1n) is 5.84. The summed E-state index contributed by atoms with van der Waals surface area (Å²) in [6, 6.07) is 9.76. The summed E-state index contributed by atoms with van der Waals surface area (Å²) < 4.78 is 12.7. The number of benzene rings is 1. The van der Waals surface area contributed by atoms with Gasteiger partial charge in [-0.1, -0.05) is 0 Å². The Labute approximate surface area is 107 Å². The molecule has 0 bridgehead atoms. The molecule has 0 spiro atoms. The number of hydrogen-bond donors (Lipinski definition) is 1. The highest BCUT2D eigenvalue weighted by Crippen LogP contribution is 2.31. The van der Waals surface area contributed by atoms with Gasteiger partial charge in [0.2, 0.25) is 0 Å². The van der Waals surface area contributed by atoms with Gasteiger partial charge in [-0.3, -0.25) is 0 Å². The van der Waals surface area contributed by atoms with Crippen LogP contribution in [0.5, 0.6) is 11.5 Å². The fourth-order valence-electron chi connectivity index (χ4n) is 2.06. The van der Waals surface area contributed by atoms with Crippen molar-refractivity contribution in [2.45, 2.75) is 6.04 Å². The van der Waals surface area contributed by atoms with Crippen LogP contribution in [0.3, 0.4) is 0 Å². The van der Waals surface area contributed by atoms with Crippen molar-refractivity contribution in [1.29, 1.82) is 0 Å². The molecule has 4 heteroatoms. The van der Waals surface area contributed by atoms with E-state index in [9.17, 15) is 0 Å². The monoisotopic (exact) mass is 246 g/mol. The van der Waals surface area contributed by atoms with Crippen LogP contribution in [0.2, 0.25) is 0 Å². The molecule has 0 aliphatic carbocycles. The van der Waals surface area contributed by atoms with Crippen LogP contribution in [0.1, 0.15) is 11.6 Å². The van der Waals surface area contributed by atoms with Crippen LogP contribution in [-0.2, 0) is 0 Å². The van der Waals surface area contributed by atoms with Crippen LogP contribution < -0.4 is 15.2 Å². The SMILES string of the molecule is COc1ccc(OC)c(C(CN)n2cccc2)c1. The van der Waals surface area contributed by atoms with E-state index in [2.05, 4.69) is 4.57 Å². The van der Waals surface area contributed by atoms with Crippen molar-refractivity contribution in [1.82, 2.24) is 4.57 Å². The predicted molar refractivity (Wildman–Crippen MR) is 71.2 cm³/mol. The molecule has 0 amide bonds. The van der Waals surface area contributed by atoms with Gasteiger partial charge in [0, 0.05) is 24.5 Å². The minimum atomic E-state index is 0.0463. The largest absolute Gasteiger partial charge is 0.497 e. The first-order chi connectivity index (χ1) is 8.80. The van der Waals surface area contributed by atoms with Gasteiger partial charge in [-0.25, -0.2) is 0 Å². The maximum atomic E-state index is 5.89. The standard InChI is InChI=1S/C14H18N2O2/c1-17-11-5-6-14(18-2)12(9-11)13(10-15)16-7-3-4-8-16/h3-9,13H,10,15H2,1-2H3. The molecule has 0 saturated carbocycles. The Morgan fingerprint density at radius 3 is 2.44 bits per heavy atom. The van der Waals surface area contributed by atoms with Gasteiger partial charge in [-0.15, -0.1) is 0 Å². The Morgan fingerprint density at radius 2 is 1.89 bits per heavy atom. The van der Waals surface area contributed by atoms with Crippen molar-refractivity contribution in [3.05, 3.63) is 48.3 Å². The Hall–Kier alpha value is -1.94. The molecule has 1 aromatic heterocycles.